The van der Waals surface area contributed by atoms with Crippen LogP contribution in [0.5, 0.6) is 0 Å². The Labute approximate surface area is 130 Å². The van der Waals surface area contributed by atoms with Crippen LogP contribution in [0.3, 0.4) is 0 Å². The maximum Gasteiger partial charge on any atom is 0.254 e. The zero-order chi connectivity index (χ0) is 14.0. The van der Waals surface area contributed by atoms with Gasteiger partial charge in [0.25, 0.3) is 5.91 Å². The van der Waals surface area contributed by atoms with Crippen LogP contribution in [0.1, 0.15) is 28.9 Å². The number of rotatable bonds is 3. The first-order valence-corrected chi connectivity index (χ1v) is 7.43. The van der Waals surface area contributed by atoms with Crippen molar-refractivity contribution in [2.45, 2.75) is 13.0 Å². The second-order valence-corrected chi connectivity index (χ2v) is 6.71. The third-order valence-corrected chi connectivity index (χ3v) is 4.32. The van der Waals surface area contributed by atoms with Gasteiger partial charge in [0, 0.05) is 5.02 Å². The summed E-state index contributed by atoms with van der Waals surface area (Å²) in [5, 5.41) is 3.49. The molecule has 0 aliphatic heterocycles. The molecule has 1 N–H and O–H groups in total. The number of hydrogen-bond acceptors (Lipinski definition) is 2. The summed E-state index contributed by atoms with van der Waals surface area (Å²) in [5.41, 5.74) is 1.32. The van der Waals surface area contributed by atoms with Gasteiger partial charge in [0.2, 0.25) is 0 Å². The van der Waals surface area contributed by atoms with Crippen LogP contribution in [0.25, 0.3) is 0 Å². The molecule has 2 nitrogen and oxygen atoms in total. The van der Waals surface area contributed by atoms with Crippen LogP contribution in [-0.4, -0.2) is 5.91 Å². The van der Waals surface area contributed by atoms with E-state index in [1.807, 2.05) is 25.1 Å². The molecular weight excluding hydrogens is 325 g/mol. The van der Waals surface area contributed by atoms with Gasteiger partial charge in [0.1, 0.15) is 4.34 Å². The molecule has 1 aromatic carbocycles. The Hall–Kier alpha value is -0.740. The number of halogens is 3. The van der Waals surface area contributed by atoms with Gasteiger partial charge in [0.15, 0.2) is 0 Å². The maximum absolute atomic E-state index is 12.1. The molecule has 6 heteroatoms. The number of thiophene rings is 1. The number of nitrogens with one attached hydrogen (secondary N) is 1. The molecule has 1 aromatic heterocycles. The second kappa shape index (κ2) is 6.14. The highest BCUT2D eigenvalue weighted by molar-refractivity contribution is 7.20. The Morgan fingerprint density at radius 1 is 1.26 bits per heavy atom. The molecule has 0 fully saturated rings. The molecule has 0 spiro atoms. The third-order valence-electron chi connectivity index (χ3n) is 2.60. The van der Waals surface area contributed by atoms with E-state index in [0.29, 0.717) is 19.3 Å². The maximum atomic E-state index is 12.1. The quantitative estimate of drug-likeness (QED) is 0.821. The van der Waals surface area contributed by atoms with E-state index < -0.39 is 0 Å². The third kappa shape index (κ3) is 3.63. The van der Waals surface area contributed by atoms with Crippen molar-refractivity contribution in [2.75, 3.05) is 0 Å². The molecule has 0 saturated heterocycles. The standard InChI is InChI=1S/C13H10Cl3NOS/c1-7(8-3-2-4-9(14)5-8)17-13(18)10-6-11(15)19-12(10)16/h2-7H,1H3,(H,17,18). The van der Waals surface area contributed by atoms with E-state index in [9.17, 15) is 4.79 Å². The largest absolute Gasteiger partial charge is 0.345 e. The molecule has 0 aliphatic carbocycles. The zero-order valence-corrected chi connectivity index (χ0v) is 13.0. The topological polar surface area (TPSA) is 29.1 Å². The molecule has 1 amide bonds. The summed E-state index contributed by atoms with van der Waals surface area (Å²) >= 11 is 18.9. The molecule has 1 unspecified atom stereocenters. The van der Waals surface area contributed by atoms with E-state index in [-0.39, 0.29) is 11.9 Å². The van der Waals surface area contributed by atoms with Gasteiger partial charge in [-0.1, -0.05) is 46.9 Å². The monoisotopic (exact) mass is 333 g/mol. The lowest BCUT2D eigenvalue weighted by atomic mass is 10.1. The van der Waals surface area contributed by atoms with E-state index in [2.05, 4.69) is 5.32 Å². The molecule has 1 atom stereocenters. The number of carbonyl (C=O) groups excluding carboxylic acids is 1. The first-order valence-electron chi connectivity index (χ1n) is 5.48. The fourth-order valence-corrected chi connectivity index (χ4v) is 3.29. The van der Waals surface area contributed by atoms with Gasteiger partial charge in [-0.15, -0.1) is 11.3 Å². The van der Waals surface area contributed by atoms with Crippen molar-refractivity contribution < 1.29 is 4.79 Å². The highest BCUT2D eigenvalue weighted by atomic mass is 35.5. The van der Waals surface area contributed by atoms with Gasteiger partial charge in [-0.25, -0.2) is 0 Å². The summed E-state index contributed by atoms with van der Waals surface area (Å²) < 4.78 is 0.881. The summed E-state index contributed by atoms with van der Waals surface area (Å²) in [6.45, 7) is 1.88. The minimum atomic E-state index is -0.249. The van der Waals surface area contributed by atoms with Crippen molar-refractivity contribution in [2.24, 2.45) is 0 Å². The lowest BCUT2D eigenvalue weighted by Gasteiger charge is -2.14. The van der Waals surface area contributed by atoms with Crippen LogP contribution in [-0.2, 0) is 0 Å². The minimum absolute atomic E-state index is 0.166. The normalized spacial score (nSPS) is 12.2. The van der Waals surface area contributed by atoms with Crippen LogP contribution in [0.4, 0.5) is 0 Å². The summed E-state index contributed by atoms with van der Waals surface area (Å²) in [6.07, 6.45) is 0. The van der Waals surface area contributed by atoms with Gasteiger partial charge in [-0.2, -0.15) is 0 Å². The number of carbonyl (C=O) groups is 1. The molecule has 19 heavy (non-hydrogen) atoms. The summed E-state index contributed by atoms with van der Waals surface area (Å²) in [6, 6.07) is 8.74. The number of hydrogen-bond donors (Lipinski definition) is 1. The molecule has 2 rings (SSSR count). The molecule has 0 radical (unpaired) electrons. The fraction of sp³-hybridized carbons (Fsp3) is 0.154. The Morgan fingerprint density at radius 2 is 2.00 bits per heavy atom. The summed E-state index contributed by atoms with van der Waals surface area (Å²) in [4.78, 5) is 12.1. The Morgan fingerprint density at radius 3 is 2.58 bits per heavy atom. The SMILES string of the molecule is CC(NC(=O)c1cc(Cl)sc1Cl)c1cccc(Cl)c1. The van der Waals surface area contributed by atoms with Crippen molar-refractivity contribution in [3.63, 3.8) is 0 Å². The van der Waals surface area contributed by atoms with Crippen molar-refractivity contribution >= 4 is 52.0 Å². The Bertz CT molecular complexity index is 612. The van der Waals surface area contributed by atoms with Crippen molar-refractivity contribution in [3.8, 4) is 0 Å². The number of benzene rings is 1. The van der Waals surface area contributed by atoms with Crippen LogP contribution >= 0.6 is 46.1 Å². The van der Waals surface area contributed by atoms with Crippen LogP contribution in [0.2, 0.25) is 13.7 Å². The van der Waals surface area contributed by atoms with Gasteiger partial charge < -0.3 is 5.32 Å². The number of amides is 1. The minimum Gasteiger partial charge on any atom is -0.345 e. The Kier molecular flexibility index (Phi) is 4.74. The predicted octanol–water partition coefficient (Wildman–Crippen LogP) is 5.20. The van der Waals surface area contributed by atoms with Crippen molar-refractivity contribution in [1.29, 1.82) is 0 Å². The van der Waals surface area contributed by atoms with E-state index in [1.54, 1.807) is 12.1 Å². The highest BCUT2D eigenvalue weighted by Gasteiger charge is 2.17. The zero-order valence-electron chi connectivity index (χ0n) is 9.91. The van der Waals surface area contributed by atoms with Gasteiger partial charge in [-0.3, -0.25) is 4.79 Å². The van der Waals surface area contributed by atoms with Crippen molar-refractivity contribution in [3.05, 3.63) is 55.2 Å². The average molecular weight is 335 g/mol. The van der Waals surface area contributed by atoms with Gasteiger partial charge in [0.05, 0.1) is 15.9 Å². The second-order valence-electron chi connectivity index (χ2n) is 3.99. The fourth-order valence-electron chi connectivity index (χ4n) is 1.63. The van der Waals surface area contributed by atoms with E-state index >= 15 is 0 Å². The van der Waals surface area contributed by atoms with E-state index in [0.717, 1.165) is 5.56 Å². The predicted molar refractivity (Wildman–Crippen MR) is 81.7 cm³/mol. The average Bonchev–Trinajstić information content (AvgIpc) is 2.68. The highest BCUT2D eigenvalue weighted by Crippen LogP contribution is 2.31. The lowest BCUT2D eigenvalue weighted by molar-refractivity contribution is 0.0940. The Balaban J connectivity index is 2.13. The smallest absolute Gasteiger partial charge is 0.254 e. The summed E-state index contributed by atoms with van der Waals surface area (Å²) in [5.74, 6) is -0.249. The molecule has 0 aliphatic rings. The first kappa shape index (κ1) is 14.7. The molecule has 2 aromatic rings. The lowest BCUT2D eigenvalue weighted by Crippen LogP contribution is -2.26. The molecule has 1 heterocycles. The van der Waals surface area contributed by atoms with Crippen LogP contribution in [0, 0.1) is 0 Å². The summed E-state index contributed by atoms with van der Waals surface area (Å²) in [7, 11) is 0. The molecule has 100 valence electrons. The van der Waals surface area contributed by atoms with E-state index in [1.165, 1.54) is 11.3 Å². The van der Waals surface area contributed by atoms with Crippen molar-refractivity contribution in [1.82, 2.24) is 5.32 Å². The van der Waals surface area contributed by atoms with Crippen LogP contribution < -0.4 is 5.32 Å². The first-order chi connectivity index (χ1) is 8.97. The van der Waals surface area contributed by atoms with Gasteiger partial charge >= 0.3 is 0 Å². The molecular formula is C13H10Cl3NOS. The van der Waals surface area contributed by atoms with E-state index in [4.69, 9.17) is 34.8 Å². The molecule has 0 saturated carbocycles. The molecule has 0 bridgehead atoms. The van der Waals surface area contributed by atoms with Gasteiger partial charge in [-0.05, 0) is 30.7 Å². The van der Waals surface area contributed by atoms with Crippen LogP contribution in [0.15, 0.2) is 30.3 Å².